The van der Waals surface area contributed by atoms with E-state index >= 15 is 0 Å². The maximum absolute atomic E-state index is 12.9. The molecule has 0 radical (unpaired) electrons. The smallest absolute Gasteiger partial charge is 0.328 e. The molecule has 11 nitrogen and oxygen atoms in total. The number of nitrogens with one attached hydrogen (secondary N) is 1. The average Bonchev–Trinajstić information content (AvgIpc) is 3.37. The van der Waals surface area contributed by atoms with Gasteiger partial charge in [0.2, 0.25) is 5.91 Å². The molecule has 11 heteroatoms. The van der Waals surface area contributed by atoms with Gasteiger partial charge in [-0.15, -0.1) is 0 Å². The third-order valence-corrected chi connectivity index (χ3v) is 8.44. The van der Waals surface area contributed by atoms with E-state index in [2.05, 4.69) is 5.32 Å². The van der Waals surface area contributed by atoms with Crippen molar-refractivity contribution >= 4 is 11.9 Å². The third kappa shape index (κ3) is 11.0. The molecular formula is C35H51NO10. The quantitative estimate of drug-likeness (QED) is 0.115. The van der Waals surface area contributed by atoms with E-state index in [9.17, 15) is 30.0 Å². The number of aliphatic hydroxyl groups excluding tert-OH is 2. The fraction of sp³-hybridized carbons (Fsp3) is 0.543. The Morgan fingerprint density at radius 1 is 1.04 bits per heavy atom. The fourth-order valence-corrected chi connectivity index (χ4v) is 5.43. The first-order chi connectivity index (χ1) is 21.7. The maximum atomic E-state index is 12.9. The summed E-state index contributed by atoms with van der Waals surface area (Å²) in [5, 5.41) is 54.3. The number of rotatable bonds is 15. The van der Waals surface area contributed by atoms with Crippen LogP contribution in [-0.2, 0) is 23.8 Å². The second kappa shape index (κ2) is 18.2. The number of allylic oxidation sites excluding steroid dienone is 9. The molecule has 2 aliphatic heterocycles. The Bertz CT molecular complexity index is 1220. The Hall–Kier alpha value is -3.16. The Morgan fingerprint density at radius 2 is 1.72 bits per heavy atom. The first-order valence-corrected chi connectivity index (χ1v) is 15.5. The van der Waals surface area contributed by atoms with Crippen LogP contribution >= 0.6 is 0 Å². The van der Waals surface area contributed by atoms with Crippen LogP contribution in [0.25, 0.3) is 0 Å². The Kier molecular flexibility index (Phi) is 15.5. The predicted octanol–water partition coefficient (Wildman–Crippen LogP) is 2.89. The van der Waals surface area contributed by atoms with E-state index in [0.29, 0.717) is 6.42 Å². The molecule has 0 saturated carbocycles. The van der Waals surface area contributed by atoms with Gasteiger partial charge in [0.15, 0.2) is 5.79 Å². The van der Waals surface area contributed by atoms with Crippen molar-refractivity contribution in [2.24, 2.45) is 11.8 Å². The topological polar surface area (TPSA) is 175 Å². The molecule has 0 spiro atoms. The lowest BCUT2D eigenvalue weighted by atomic mass is 9.80. The lowest BCUT2D eigenvalue weighted by Crippen LogP contribution is -2.64. The number of carboxylic acid groups (broad SMARTS) is 1. The minimum absolute atomic E-state index is 0.0821. The van der Waals surface area contributed by atoms with Gasteiger partial charge in [-0.1, -0.05) is 79.8 Å². The largest absolute Gasteiger partial charge is 0.478 e. The minimum atomic E-state index is -1.99. The Labute approximate surface area is 271 Å². The molecule has 2 heterocycles. The zero-order valence-electron chi connectivity index (χ0n) is 27.5. The molecule has 0 aromatic rings. The van der Waals surface area contributed by atoms with Gasteiger partial charge in [-0.25, -0.2) is 4.79 Å². The van der Waals surface area contributed by atoms with Gasteiger partial charge in [0.05, 0.1) is 30.3 Å². The summed E-state index contributed by atoms with van der Waals surface area (Å²) in [4.78, 5) is 23.4. The van der Waals surface area contributed by atoms with E-state index in [1.54, 1.807) is 61.8 Å². The molecule has 6 N–H and O–H groups in total. The van der Waals surface area contributed by atoms with Crippen LogP contribution in [0.4, 0.5) is 0 Å². The number of amides is 1. The monoisotopic (exact) mass is 645 g/mol. The van der Waals surface area contributed by atoms with Gasteiger partial charge >= 0.3 is 5.97 Å². The summed E-state index contributed by atoms with van der Waals surface area (Å²) in [6, 6.07) is 0. The number of hydrogen-bond acceptors (Lipinski definition) is 9. The molecule has 2 saturated heterocycles. The van der Waals surface area contributed by atoms with Crippen molar-refractivity contribution in [1.82, 2.24) is 5.32 Å². The number of carbonyl (C=O) groups is 2. The summed E-state index contributed by atoms with van der Waals surface area (Å²) in [5.74, 6) is -4.61. The zero-order valence-corrected chi connectivity index (χ0v) is 27.5. The molecule has 0 aliphatic carbocycles. The number of methoxy groups -OCH3 is 1. The van der Waals surface area contributed by atoms with E-state index in [4.69, 9.17) is 19.3 Å². The second-order valence-electron chi connectivity index (χ2n) is 12.0. The molecule has 0 aromatic carbocycles. The molecule has 0 aromatic heterocycles. The first-order valence-electron chi connectivity index (χ1n) is 15.5. The van der Waals surface area contributed by atoms with E-state index in [1.807, 2.05) is 26.8 Å². The SMILES string of the molecule is C/C=C\C=C\[C@@H]1O[C@](O)([C@H](C)C(=O)NC/C=C/C=C(\C)[C@@H](OC)[C@@H](C)[C@H]2C[C@@H](O)[C@@H](/C=C/C=C/C=C/C(=O)O)O2)C[C@H](O)C1(C)O. The zero-order chi connectivity index (χ0) is 34.5. The van der Waals surface area contributed by atoms with Crippen molar-refractivity contribution in [3.05, 3.63) is 84.6 Å². The molecule has 2 aliphatic rings. The highest BCUT2D eigenvalue weighted by Gasteiger charge is 2.54. The van der Waals surface area contributed by atoms with Gasteiger partial charge in [0, 0.05) is 38.5 Å². The first kappa shape index (κ1) is 39.0. The average molecular weight is 646 g/mol. The number of aliphatic carboxylic acids is 1. The molecule has 0 bridgehead atoms. The van der Waals surface area contributed by atoms with Crippen molar-refractivity contribution < 1.29 is 49.3 Å². The van der Waals surface area contributed by atoms with Crippen molar-refractivity contribution in [2.45, 2.75) is 95.5 Å². The van der Waals surface area contributed by atoms with Gasteiger partial charge in [0.25, 0.3) is 0 Å². The van der Waals surface area contributed by atoms with Crippen LogP contribution in [0.2, 0.25) is 0 Å². The van der Waals surface area contributed by atoms with Crippen LogP contribution in [-0.4, -0.2) is 99.1 Å². The molecule has 46 heavy (non-hydrogen) atoms. The van der Waals surface area contributed by atoms with E-state index in [1.165, 1.54) is 26.0 Å². The highest BCUT2D eigenvalue weighted by atomic mass is 16.6. The van der Waals surface area contributed by atoms with Gasteiger partial charge in [0.1, 0.15) is 17.8 Å². The lowest BCUT2D eigenvalue weighted by molar-refractivity contribution is -0.327. The van der Waals surface area contributed by atoms with Crippen LogP contribution in [0.1, 0.15) is 47.5 Å². The summed E-state index contributed by atoms with van der Waals surface area (Å²) in [5.41, 5.74) is -0.728. The number of carbonyl (C=O) groups excluding carboxylic acids is 1. The summed E-state index contributed by atoms with van der Waals surface area (Å²) in [7, 11) is 1.61. The van der Waals surface area contributed by atoms with Gasteiger partial charge in [-0.05, 0) is 33.3 Å². The van der Waals surface area contributed by atoms with Gasteiger partial charge in [-0.2, -0.15) is 0 Å². The maximum Gasteiger partial charge on any atom is 0.328 e. The number of hydrogen-bond donors (Lipinski definition) is 6. The minimum Gasteiger partial charge on any atom is -0.478 e. The van der Waals surface area contributed by atoms with Crippen LogP contribution in [0, 0.1) is 11.8 Å². The molecule has 2 fully saturated rings. The lowest BCUT2D eigenvalue weighted by Gasteiger charge is -2.48. The van der Waals surface area contributed by atoms with Crippen molar-refractivity contribution in [2.75, 3.05) is 13.7 Å². The second-order valence-corrected chi connectivity index (χ2v) is 12.0. The van der Waals surface area contributed by atoms with Crippen LogP contribution < -0.4 is 5.32 Å². The summed E-state index contributed by atoms with van der Waals surface area (Å²) in [6.45, 7) is 8.84. The number of ether oxygens (including phenoxy) is 3. The number of carboxylic acids is 1. The molecular weight excluding hydrogens is 594 g/mol. The fourth-order valence-electron chi connectivity index (χ4n) is 5.43. The molecule has 1 amide bonds. The van der Waals surface area contributed by atoms with E-state index in [0.717, 1.165) is 11.6 Å². The predicted molar refractivity (Wildman–Crippen MR) is 174 cm³/mol. The highest BCUT2D eigenvalue weighted by molar-refractivity contribution is 5.80. The van der Waals surface area contributed by atoms with Crippen molar-refractivity contribution in [1.29, 1.82) is 0 Å². The normalized spacial score (nSPS) is 33.3. The van der Waals surface area contributed by atoms with Crippen LogP contribution in [0.5, 0.6) is 0 Å². The van der Waals surface area contributed by atoms with Crippen LogP contribution in [0.15, 0.2) is 84.6 Å². The van der Waals surface area contributed by atoms with E-state index in [-0.39, 0.29) is 31.1 Å². The van der Waals surface area contributed by atoms with Gasteiger partial charge < -0.3 is 45.1 Å². The Morgan fingerprint density at radius 3 is 2.37 bits per heavy atom. The standard InChI is InChI=1S/C35H51NO10/c1-7-8-11-18-30-34(5,42)29(38)22-35(43,46-30)25(4)33(41)36-20-15-14-16-23(2)32(44-6)24(3)28-21-26(37)27(45-28)17-12-9-10-13-19-31(39)40/h7-19,24-30,32,37-38,42-43H,20-22H2,1-6H3,(H,36,41)(H,39,40)/b8-7-,10-9+,15-14+,17-12+,18-11+,19-13+,23-16+/t24-,25+,26+,27+,28+,29-,30-,32+,34?,35-/m0/s1. The molecule has 1 unspecified atom stereocenters. The summed E-state index contributed by atoms with van der Waals surface area (Å²) >= 11 is 0. The summed E-state index contributed by atoms with van der Waals surface area (Å²) < 4.78 is 17.6. The molecule has 2 rings (SSSR count). The van der Waals surface area contributed by atoms with Crippen molar-refractivity contribution in [3.8, 4) is 0 Å². The van der Waals surface area contributed by atoms with Crippen molar-refractivity contribution in [3.63, 3.8) is 0 Å². The molecule has 256 valence electrons. The van der Waals surface area contributed by atoms with Gasteiger partial charge in [-0.3, -0.25) is 4.79 Å². The van der Waals surface area contributed by atoms with E-state index < -0.39 is 53.6 Å². The Balaban J connectivity index is 1.93. The molecule has 10 atom stereocenters. The van der Waals surface area contributed by atoms with Crippen LogP contribution in [0.3, 0.4) is 0 Å². The summed E-state index contributed by atoms with van der Waals surface area (Å²) in [6.07, 6.45) is 17.2. The third-order valence-electron chi connectivity index (χ3n) is 8.44. The highest BCUT2D eigenvalue weighted by Crippen LogP contribution is 2.39. The number of aliphatic hydroxyl groups is 4.